The zero-order valence-electron chi connectivity index (χ0n) is 12.4. The lowest BCUT2D eigenvalue weighted by Gasteiger charge is -2.18. The molecule has 1 aromatic heterocycles. The predicted octanol–water partition coefficient (Wildman–Crippen LogP) is -0.335. The van der Waals surface area contributed by atoms with Gasteiger partial charge in [0.1, 0.15) is 11.9 Å². The number of carbonyl (C=O) groups is 1. The van der Waals surface area contributed by atoms with Gasteiger partial charge in [0.05, 0.1) is 13.0 Å². The topological polar surface area (TPSA) is 165 Å². The Kier molecular flexibility index (Phi) is 5.68. The lowest BCUT2D eigenvalue weighted by molar-refractivity contribution is -0.154. The molecule has 12 heteroatoms. The fourth-order valence-electron chi connectivity index (χ4n) is 2.22. The first kappa shape index (κ1) is 17.7. The molecule has 0 amide bonds. The standard InChI is InChI=1S/C12H15FN6O5/c13-9-10(24-8(21)1-3-16-18-15)6(5-20)23-11(9)19-4-2-7(14)17-12(19)22/h2,4,6,9-11,20H,1,3,5H2,(H2,14,17,22)/t6-,9+,10?,11-/m1/s1. The van der Waals surface area contributed by atoms with Gasteiger partial charge in [-0.2, -0.15) is 4.98 Å². The largest absolute Gasteiger partial charge is 0.456 e. The average molecular weight is 342 g/mol. The van der Waals surface area contributed by atoms with E-state index < -0.39 is 42.9 Å². The molecule has 0 bridgehead atoms. The number of esters is 1. The van der Waals surface area contributed by atoms with Crippen LogP contribution in [0.3, 0.4) is 0 Å². The van der Waals surface area contributed by atoms with E-state index in [9.17, 15) is 19.1 Å². The van der Waals surface area contributed by atoms with Crippen LogP contribution in [0.1, 0.15) is 12.6 Å². The van der Waals surface area contributed by atoms with Gasteiger partial charge in [-0.15, -0.1) is 0 Å². The highest BCUT2D eigenvalue weighted by molar-refractivity contribution is 5.70. The Morgan fingerprint density at radius 2 is 2.42 bits per heavy atom. The maximum Gasteiger partial charge on any atom is 0.351 e. The van der Waals surface area contributed by atoms with Crippen LogP contribution in [0.25, 0.3) is 10.4 Å². The van der Waals surface area contributed by atoms with Crippen LogP contribution in [0.4, 0.5) is 10.2 Å². The SMILES string of the molecule is [N-]=[N+]=NCCC(=O)OC1[C@@H](CO)O[C@@H](n2ccc(N)nc2=O)[C@H]1F. The number of hydrogen-bond donors (Lipinski definition) is 2. The lowest BCUT2D eigenvalue weighted by Crippen LogP contribution is -2.37. The van der Waals surface area contributed by atoms with E-state index in [4.69, 9.17) is 20.7 Å². The van der Waals surface area contributed by atoms with Crippen molar-refractivity contribution < 1.29 is 23.8 Å². The fraction of sp³-hybridized carbons (Fsp3) is 0.583. The summed E-state index contributed by atoms with van der Waals surface area (Å²) >= 11 is 0. The number of alkyl halides is 1. The number of hydrogen-bond acceptors (Lipinski definition) is 8. The second-order valence-corrected chi connectivity index (χ2v) is 4.89. The van der Waals surface area contributed by atoms with Crippen LogP contribution in [-0.4, -0.2) is 52.2 Å². The van der Waals surface area contributed by atoms with E-state index in [-0.39, 0.29) is 18.8 Å². The van der Waals surface area contributed by atoms with E-state index in [2.05, 4.69) is 15.0 Å². The molecule has 1 aliphatic heterocycles. The van der Waals surface area contributed by atoms with Crippen LogP contribution < -0.4 is 11.4 Å². The number of nitrogens with two attached hydrogens (primary N) is 1. The van der Waals surface area contributed by atoms with Crippen molar-refractivity contribution in [2.75, 3.05) is 18.9 Å². The summed E-state index contributed by atoms with van der Waals surface area (Å²) in [5.41, 5.74) is 12.7. The highest BCUT2D eigenvalue weighted by atomic mass is 19.1. The number of aliphatic hydroxyl groups excluding tert-OH is 1. The minimum absolute atomic E-state index is 0.0376. The molecule has 0 aliphatic carbocycles. The van der Waals surface area contributed by atoms with E-state index in [0.29, 0.717) is 0 Å². The number of aromatic nitrogens is 2. The van der Waals surface area contributed by atoms with Crippen LogP contribution in [0.2, 0.25) is 0 Å². The quantitative estimate of drug-likeness (QED) is 0.309. The van der Waals surface area contributed by atoms with Crippen LogP contribution in [0, 0.1) is 0 Å². The van der Waals surface area contributed by atoms with Gasteiger partial charge in [0.15, 0.2) is 18.5 Å². The molecule has 2 heterocycles. The second-order valence-electron chi connectivity index (χ2n) is 4.89. The van der Waals surface area contributed by atoms with E-state index >= 15 is 0 Å². The Morgan fingerprint density at radius 3 is 3.04 bits per heavy atom. The Balaban J connectivity index is 2.13. The van der Waals surface area contributed by atoms with Gasteiger partial charge >= 0.3 is 11.7 Å². The Hall–Kier alpha value is -2.69. The summed E-state index contributed by atoms with van der Waals surface area (Å²) in [5, 5.41) is 12.5. The molecule has 1 unspecified atom stereocenters. The molecule has 0 aromatic carbocycles. The van der Waals surface area contributed by atoms with Crippen molar-refractivity contribution >= 4 is 11.8 Å². The molecule has 24 heavy (non-hydrogen) atoms. The van der Waals surface area contributed by atoms with Crippen LogP contribution in [-0.2, 0) is 14.3 Å². The zero-order valence-corrected chi connectivity index (χ0v) is 12.4. The third kappa shape index (κ3) is 3.79. The summed E-state index contributed by atoms with van der Waals surface area (Å²) in [4.78, 5) is 29.3. The Morgan fingerprint density at radius 1 is 1.67 bits per heavy atom. The molecule has 3 N–H and O–H groups in total. The first-order valence-corrected chi connectivity index (χ1v) is 6.93. The number of aliphatic hydroxyl groups is 1. The van der Waals surface area contributed by atoms with Crippen molar-refractivity contribution in [2.45, 2.75) is 31.0 Å². The molecular weight excluding hydrogens is 327 g/mol. The Labute approximate surface area is 134 Å². The number of anilines is 1. The van der Waals surface area contributed by atoms with Gasteiger partial charge in [-0.1, -0.05) is 5.11 Å². The maximum absolute atomic E-state index is 14.6. The van der Waals surface area contributed by atoms with Gasteiger partial charge in [0, 0.05) is 17.7 Å². The lowest BCUT2D eigenvalue weighted by atomic mass is 10.1. The molecule has 1 aliphatic rings. The third-order valence-electron chi connectivity index (χ3n) is 3.32. The number of rotatable bonds is 6. The van der Waals surface area contributed by atoms with E-state index in [1.165, 1.54) is 12.3 Å². The highest BCUT2D eigenvalue weighted by Gasteiger charge is 2.48. The van der Waals surface area contributed by atoms with E-state index in [1.807, 2.05) is 0 Å². The maximum atomic E-state index is 14.6. The molecule has 4 atom stereocenters. The molecule has 1 saturated heterocycles. The summed E-state index contributed by atoms with van der Waals surface area (Å²) in [6.45, 7) is -0.767. The summed E-state index contributed by atoms with van der Waals surface area (Å²) in [6, 6.07) is 1.28. The molecule has 0 radical (unpaired) electrons. The molecule has 0 spiro atoms. The smallest absolute Gasteiger partial charge is 0.351 e. The van der Waals surface area contributed by atoms with E-state index in [1.54, 1.807) is 0 Å². The molecule has 11 nitrogen and oxygen atoms in total. The number of ether oxygens (including phenoxy) is 2. The van der Waals surface area contributed by atoms with E-state index in [0.717, 1.165) is 4.57 Å². The van der Waals surface area contributed by atoms with Crippen molar-refractivity contribution in [3.05, 3.63) is 33.2 Å². The van der Waals surface area contributed by atoms with Crippen LogP contribution >= 0.6 is 0 Å². The van der Waals surface area contributed by atoms with Gasteiger partial charge in [0.2, 0.25) is 0 Å². The molecule has 130 valence electrons. The van der Waals surface area contributed by atoms with Gasteiger partial charge < -0.3 is 20.3 Å². The molecule has 1 aromatic rings. The van der Waals surface area contributed by atoms with Crippen molar-refractivity contribution in [1.29, 1.82) is 0 Å². The summed E-state index contributed by atoms with van der Waals surface area (Å²) in [7, 11) is 0. The monoisotopic (exact) mass is 342 g/mol. The predicted molar refractivity (Wildman–Crippen MR) is 77.3 cm³/mol. The molecular formula is C12H15FN6O5. The minimum atomic E-state index is -1.91. The summed E-state index contributed by atoms with van der Waals surface area (Å²) in [5.74, 6) is -0.857. The molecule has 2 rings (SSSR count). The number of carbonyl (C=O) groups excluding carboxylic acids is 1. The van der Waals surface area contributed by atoms with Crippen molar-refractivity contribution in [1.82, 2.24) is 9.55 Å². The Bertz CT molecular complexity index is 705. The molecule has 1 fully saturated rings. The fourth-order valence-corrected chi connectivity index (χ4v) is 2.22. The summed E-state index contributed by atoms with van der Waals surface area (Å²) < 4.78 is 25.7. The number of halogens is 1. The average Bonchev–Trinajstić information content (AvgIpc) is 2.84. The van der Waals surface area contributed by atoms with Gasteiger partial charge in [-0.25, -0.2) is 9.18 Å². The highest BCUT2D eigenvalue weighted by Crippen LogP contribution is 2.33. The number of nitrogen functional groups attached to an aromatic ring is 1. The normalized spacial score (nSPS) is 25.9. The third-order valence-corrected chi connectivity index (χ3v) is 3.32. The first-order chi connectivity index (χ1) is 11.5. The first-order valence-electron chi connectivity index (χ1n) is 6.93. The van der Waals surface area contributed by atoms with Crippen molar-refractivity contribution in [3.63, 3.8) is 0 Å². The van der Waals surface area contributed by atoms with Crippen LogP contribution in [0.5, 0.6) is 0 Å². The number of nitrogens with zero attached hydrogens (tertiary/aromatic N) is 5. The molecule has 0 saturated carbocycles. The summed E-state index contributed by atoms with van der Waals surface area (Å²) in [6.07, 6.45) is -4.95. The van der Waals surface area contributed by atoms with Crippen LogP contribution in [0.15, 0.2) is 22.2 Å². The minimum Gasteiger partial charge on any atom is -0.456 e. The van der Waals surface area contributed by atoms with Gasteiger partial charge in [-0.3, -0.25) is 9.36 Å². The van der Waals surface area contributed by atoms with Crippen molar-refractivity contribution in [3.8, 4) is 0 Å². The van der Waals surface area contributed by atoms with Gasteiger partial charge in [-0.05, 0) is 11.6 Å². The van der Waals surface area contributed by atoms with Gasteiger partial charge in [0.25, 0.3) is 0 Å². The number of azide groups is 1. The van der Waals surface area contributed by atoms with Crippen molar-refractivity contribution in [2.24, 2.45) is 5.11 Å². The zero-order chi connectivity index (χ0) is 17.7. The second kappa shape index (κ2) is 7.73.